The first-order valence-electron chi connectivity index (χ1n) is 6.33. The van der Waals surface area contributed by atoms with Crippen LogP contribution in [-0.4, -0.2) is 18.3 Å². The summed E-state index contributed by atoms with van der Waals surface area (Å²) in [6.45, 7) is 11.8. The van der Waals surface area contributed by atoms with Crippen molar-refractivity contribution in [2.24, 2.45) is 0 Å². The fourth-order valence-electron chi connectivity index (χ4n) is 2.00. The fraction of sp³-hybridized carbons (Fsp3) is 0.400. The maximum absolute atomic E-state index is 9.02. The zero-order valence-corrected chi connectivity index (χ0v) is 11.9. The standard InChI is InChI=1S/C15H18BNO2/c1-6-12-8-7-11(10-17)9-13(12)16-18-14(2,3)15(4,5)19-16/h6-9H,1H2,2-5H3. The van der Waals surface area contributed by atoms with Gasteiger partial charge in [-0.3, -0.25) is 0 Å². The summed E-state index contributed by atoms with van der Waals surface area (Å²) in [6, 6.07) is 7.58. The highest BCUT2D eigenvalue weighted by molar-refractivity contribution is 6.63. The van der Waals surface area contributed by atoms with Crippen molar-refractivity contribution in [2.45, 2.75) is 38.9 Å². The van der Waals surface area contributed by atoms with Gasteiger partial charge >= 0.3 is 7.12 Å². The first kappa shape index (κ1) is 13.9. The molecule has 0 N–H and O–H groups in total. The van der Waals surface area contributed by atoms with E-state index in [0.29, 0.717) is 5.56 Å². The molecule has 0 aromatic heterocycles. The van der Waals surface area contributed by atoms with E-state index < -0.39 is 18.3 Å². The van der Waals surface area contributed by atoms with Crippen molar-refractivity contribution in [1.29, 1.82) is 5.26 Å². The second kappa shape index (κ2) is 4.52. The van der Waals surface area contributed by atoms with Crippen molar-refractivity contribution >= 4 is 18.7 Å². The van der Waals surface area contributed by atoms with Gasteiger partial charge in [-0.1, -0.05) is 18.7 Å². The van der Waals surface area contributed by atoms with Gasteiger partial charge in [0.15, 0.2) is 0 Å². The predicted molar refractivity (Wildman–Crippen MR) is 77.0 cm³/mol. The Hall–Kier alpha value is -1.57. The molecule has 1 aromatic carbocycles. The lowest BCUT2D eigenvalue weighted by atomic mass is 9.75. The Morgan fingerprint density at radius 1 is 1.21 bits per heavy atom. The van der Waals surface area contributed by atoms with Gasteiger partial charge in [-0.15, -0.1) is 0 Å². The van der Waals surface area contributed by atoms with Crippen molar-refractivity contribution in [3.63, 3.8) is 0 Å². The zero-order chi connectivity index (χ0) is 14.3. The molecule has 0 unspecified atom stereocenters. The van der Waals surface area contributed by atoms with E-state index in [1.54, 1.807) is 18.2 Å². The third kappa shape index (κ3) is 2.32. The van der Waals surface area contributed by atoms with Gasteiger partial charge in [0.1, 0.15) is 0 Å². The van der Waals surface area contributed by atoms with Crippen LogP contribution < -0.4 is 5.46 Å². The van der Waals surface area contributed by atoms with Crippen LogP contribution in [0.4, 0.5) is 0 Å². The molecule has 0 saturated carbocycles. The van der Waals surface area contributed by atoms with E-state index in [1.165, 1.54) is 0 Å². The smallest absolute Gasteiger partial charge is 0.399 e. The molecule has 2 rings (SSSR count). The summed E-state index contributed by atoms with van der Waals surface area (Å²) in [7, 11) is -0.466. The molecule has 1 aliphatic heterocycles. The van der Waals surface area contributed by atoms with Crippen molar-refractivity contribution in [1.82, 2.24) is 0 Å². The van der Waals surface area contributed by atoms with E-state index >= 15 is 0 Å². The van der Waals surface area contributed by atoms with E-state index in [4.69, 9.17) is 14.6 Å². The van der Waals surface area contributed by atoms with Crippen LogP contribution in [0, 0.1) is 11.3 Å². The Balaban J connectivity index is 2.44. The maximum Gasteiger partial charge on any atom is 0.495 e. The number of hydrogen-bond acceptors (Lipinski definition) is 3. The van der Waals surface area contributed by atoms with Crippen LogP contribution in [0.1, 0.15) is 38.8 Å². The van der Waals surface area contributed by atoms with Crippen LogP contribution in [0.25, 0.3) is 6.08 Å². The first-order chi connectivity index (χ1) is 8.80. The minimum Gasteiger partial charge on any atom is -0.399 e. The molecule has 0 atom stereocenters. The molecule has 1 fully saturated rings. The lowest BCUT2D eigenvalue weighted by Gasteiger charge is -2.32. The summed E-state index contributed by atoms with van der Waals surface area (Å²) in [4.78, 5) is 0. The van der Waals surface area contributed by atoms with Crippen LogP contribution >= 0.6 is 0 Å². The molecular weight excluding hydrogens is 237 g/mol. The summed E-state index contributed by atoms with van der Waals surface area (Å²) < 4.78 is 12.0. The predicted octanol–water partition coefficient (Wildman–Crippen LogP) is 2.50. The molecular formula is C15H18BNO2. The number of hydrogen-bond donors (Lipinski definition) is 0. The van der Waals surface area contributed by atoms with Gasteiger partial charge in [0.25, 0.3) is 0 Å². The van der Waals surface area contributed by atoms with Crippen molar-refractivity contribution in [3.8, 4) is 6.07 Å². The molecule has 0 aliphatic carbocycles. The Morgan fingerprint density at radius 2 is 1.79 bits per heavy atom. The molecule has 4 heteroatoms. The Bertz CT molecular complexity index is 542. The Labute approximate surface area is 115 Å². The van der Waals surface area contributed by atoms with Gasteiger partial charge in [-0.25, -0.2) is 0 Å². The van der Waals surface area contributed by atoms with Crippen LogP contribution in [-0.2, 0) is 9.31 Å². The van der Waals surface area contributed by atoms with Crippen molar-refractivity contribution in [2.75, 3.05) is 0 Å². The van der Waals surface area contributed by atoms with Crippen LogP contribution in [0.5, 0.6) is 0 Å². The van der Waals surface area contributed by atoms with E-state index in [-0.39, 0.29) is 0 Å². The molecule has 0 bridgehead atoms. The van der Waals surface area contributed by atoms with Gasteiger partial charge in [-0.2, -0.15) is 5.26 Å². The molecule has 1 heterocycles. The average molecular weight is 255 g/mol. The van der Waals surface area contributed by atoms with E-state index in [1.807, 2.05) is 33.8 Å². The maximum atomic E-state index is 9.02. The van der Waals surface area contributed by atoms with Crippen LogP contribution in [0.3, 0.4) is 0 Å². The second-order valence-electron chi connectivity index (χ2n) is 5.75. The van der Waals surface area contributed by atoms with Gasteiger partial charge < -0.3 is 9.31 Å². The molecule has 98 valence electrons. The normalized spacial score (nSPS) is 20.1. The Kier molecular flexibility index (Phi) is 3.30. The lowest BCUT2D eigenvalue weighted by Crippen LogP contribution is -2.41. The molecule has 0 spiro atoms. The van der Waals surface area contributed by atoms with Gasteiger partial charge in [0.05, 0.1) is 22.8 Å². The molecule has 0 amide bonds. The second-order valence-corrected chi connectivity index (χ2v) is 5.75. The summed E-state index contributed by atoms with van der Waals surface area (Å²) in [5, 5.41) is 9.02. The average Bonchev–Trinajstić information content (AvgIpc) is 2.57. The van der Waals surface area contributed by atoms with Gasteiger partial charge in [0, 0.05) is 0 Å². The van der Waals surface area contributed by atoms with Gasteiger partial charge in [-0.05, 0) is 50.9 Å². The molecule has 1 aromatic rings. The summed E-state index contributed by atoms with van der Waals surface area (Å²) in [5.41, 5.74) is 1.60. The SMILES string of the molecule is C=Cc1ccc(C#N)cc1B1OC(C)(C)C(C)(C)O1. The monoisotopic (exact) mass is 255 g/mol. The summed E-state index contributed by atoms with van der Waals surface area (Å²) in [5.74, 6) is 0. The van der Waals surface area contributed by atoms with Crippen LogP contribution in [0.15, 0.2) is 24.8 Å². The quantitative estimate of drug-likeness (QED) is 0.762. The first-order valence-corrected chi connectivity index (χ1v) is 6.33. The van der Waals surface area contributed by atoms with Gasteiger partial charge in [0.2, 0.25) is 0 Å². The third-order valence-electron chi connectivity index (χ3n) is 3.94. The Morgan fingerprint density at radius 3 is 2.26 bits per heavy atom. The van der Waals surface area contributed by atoms with Crippen LogP contribution in [0.2, 0.25) is 0 Å². The number of benzene rings is 1. The highest BCUT2D eigenvalue weighted by atomic mass is 16.7. The molecule has 3 nitrogen and oxygen atoms in total. The lowest BCUT2D eigenvalue weighted by molar-refractivity contribution is 0.00578. The largest absolute Gasteiger partial charge is 0.495 e. The van der Waals surface area contributed by atoms with E-state index in [2.05, 4.69) is 12.6 Å². The highest BCUT2D eigenvalue weighted by Gasteiger charge is 2.52. The third-order valence-corrected chi connectivity index (χ3v) is 3.94. The minimum atomic E-state index is -0.466. The molecule has 1 aliphatic rings. The number of rotatable bonds is 2. The number of nitrogens with zero attached hydrogens (tertiary/aromatic N) is 1. The van der Waals surface area contributed by atoms with Crippen molar-refractivity contribution < 1.29 is 9.31 Å². The zero-order valence-electron chi connectivity index (χ0n) is 11.9. The summed E-state index contributed by atoms with van der Waals surface area (Å²) in [6.07, 6.45) is 1.75. The topological polar surface area (TPSA) is 42.2 Å². The summed E-state index contributed by atoms with van der Waals surface area (Å²) >= 11 is 0. The minimum absolute atomic E-state index is 0.390. The van der Waals surface area contributed by atoms with Crippen molar-refractivity contribution in [3.05, 3.63) is 35.9 Å². The molecule has 0 radical (unpaired) electrons. The molecule has 19 heavy (non-hydrogen) atoms. The van der Waals surface area contributed by atoms with E-state index in [9.17, 15) is 0 Å². The van der Waals surface area contributed by atoms with E-state index in [0.717, 1.165) is 11.0 Å². The molecule has 1 saturated heterocycles. The fourth-order valence-corrected chi connectivity index (χ4v) is 2.00. The highest BCUT2D eigenvalue weighted by Crippen LogP contribution is 2.36. The number of nitriles is 1.